The molecule has 9 heavy (non-hydrogen) atoms. The molecular weight excluding hydrogens is 142 g/mol. The average Bonchev–Trinajstić information content (AvgIpc) is 2.14. The number of hydrogen-bond acceptors (Lipinski definition) is 3. The van der Waals surface area contributed by atoms with E-state index in [4.69, 9.17) is 16.7 Å². The molecular formula is C5H8ClNO2. The number of halogens is 1. The van der Waals surface area contributed by atoms with Crippen LogP contribution in [0.5, 0.6) is 0 Å². The molecule has 4 heteroatoms. The summed E-state index contributed by atoms with van der Waals surface area (Å²) in [5.74, 6) is 0. The molecule has 1 aliphatic heterocycles. The molecule has 52 valence electrons. The van der Waals surface area contributed by atoms with Crippen molar-refractivity contribution in [1.29, 1.82) is 0 Å². The van der Waals surface area contributed by atoms with Crippen LogP contribution in [0.2, 0.25) is 0 Å². The fourth-order valence-electron chi connectivity index (χ4n) is 0.890. The number of hydrogen-bond donors (Lipinski definition) is 2. The fraction of sp³-hybridized carbons (Fsp3) is 0.800. The van der Waals surface area contributed by atoms with Crippen molar-refractivity contribution in [3.8, 4) is 0 Å². The summed E-state index contributed by atoms with van der Waals surface area (Å²) in [7, 11) is 0. The number of aliphatic hydroxyl groups excluding tert-OH is 1. The fourth-order valence-corrected chi connectivity index (χ4v) is 1.06. The molecule has 1 heterocycles. The molecule has 0 aromatic carbocycles. The van der Waals surface area contributed by atoms with Crippen LogP contribution in [0.15, 0.2) is 0 Å². The van der Waals surface area contributed by atoms with Gasteiger partial charge in [0, 0.05) is 6.54 Å². The number of carbonyl (C=O) groups excluding carboxylic acids is 1. The zero-order valence-electron chi connectivity index (χ0n) is 4.80. The van der Waals surface area contributed by atoms with Crippen LogP contribution in [0.3, 0.4) is 0 Å². The van der Waals surface area contributed by atoms with E-state index in [9.17, 15) is 4.79 Å². The standard InChI is InChI=1S/C5H8ClNO2/c6-5(9)4-1-3(8)2-7-4/h3-4,7-8H,1-2H2/t3-,4+/m0/s1. The van der Waals surface area contributed by atoms with Gasteiger partial charge in [-0.1, -0.05) is 0 Å². The lowest BCUT2D eigenvalue weighted by Gasteiger charge is -1.99. The van der Waals surface area contributed by atoms with Crippen LogP contribution in [0.1, 0.15) is 6.42 Å². The van der Waals surface area contributed by atoms with Crippen molar-refractivity contribution in [3.63, 3.8) is 0 Å². The average molecular weight is 150 g/mol. The first-order valence-corrected chi connectivity index (χ1v) is 3.18. The topological polar surface area (TPSA) is 49.3 Å². The van der Waals surface area contributed by atoms with E-state index in [1.165, 1.54) is 0 Å². The normalized spacial score (nSPS) is 34.9. The molecule has 0 spiro atoms. The minimum absolute atomic E-state index is 0.332. The Morgan fingerprint density at radius 3 is 2.67 bits per heavy atom. The van der Waals surface area contributed by atoms with Gasteiger partial charge in [0.25, 0.3) is 0 Å². The van der Waals surface area contributed by atoms with Crippen molar-refractivity contribution in [1.82, 2.24) is 5.32 Å². The van der Waals surface area contributed by atoms with Crippen LogP contribution in [0.25, 0.3) is 0 Å². The van der Waals surface area contributed by atoms with Gasteiger partial charge in [-0.3, -0.25) is 4.79 Å². The SMILES string of the molecule is O=C(Cl)[C@H]1C[C@H](O)CN1. The lowest BCUT2D eigenvalue weighted by atomic mass is 10.2. The van der Waals surface area contributed by atoms with Gasteiger partial charge >= 0.3 is 0 Å². The Balaban J connectivity index is 2.39. The van der Waals surface area contributed by atoms with E-state index >= 15 is 0 Å². The maximum Gasteiger partial charge on any atom is 0.238 e. The number of β-amino-alcohol motifs (C(OH)–C–C–N with tert-alkyl or cyclic N) is 1. The summed E-state index contributed by atoms with van der Waals surface area (Å²) in [4.78, 5) is 10.4. The quantitative estimate of drug-likeness (QED) is 0.493. The van der Waals surface area contributed by atoms with Crippen molar-refractivity contribution in [2.75, 3.05) is 6.54 Å². The number of carbonyl (C=O) groups is 1. The van der Waals surface area contributed by atoms with E-state index in [-0.39, 0.29) is 6.04 Å². The number of nitrogens with one attached hydrogen (secondary N) is 1. The van der Waals surface area contributed by atoms with Gasteiger partial charge in [-0.2, -0.15) is 0 Å². The minimum atomic E-state index is -0.411. The first-order chi connectivity index (χ1) is 4.20. The van der Waals surface area contributed by atoms with Crippen LogP contribution in [-0.4, -0.2) is 29.0 Å². The molecule has 1 saturated heterocycles. The predicted molar refractivity (Wildman–Crippen MR) is 33.3 cm³/mol. The van der Waals surface area contributed by atoms with Crippen molar-refractivity contribution in [2.45, 2.75) is 18.6 Å². The predicted octanol–water partition coefficient (Wildman–Crippen LogP) is -0.525. The molecule has 0 radical (unpaired) electrons. The molecule has 0 aromatic rings. The van der Waals surface area contributed by atoms with Gasteiger partial charge in [0.2, 0.25) is 5.24 Å². The van der Waals surface area contributed by atoms with Crippen molar-refractivity contribution in [2.24, 2.45) is 0 Å². The van der Waals surface area contributed by atoms with E-state index in [0.717, 1.165) is 0 Å². The summed E-state index contributed by atoms with van der Waals surface area (Å²) in [5, 5.41) is 11.2. The summed E-state index contributed by atoms with van der Waals surface area (Å²) in [6.07, 6.45) is 0.0419. The Hall–Kier alpha value is -0.120. The lowest BCUT2D eigenvalue weighted by molar-refractivity contribution is -0.113. The maximum atomic E-state index is 10.4. The third-order valence-electron chi connectivity index (χ3n) is 1.38. The summed E-state index contributed by atoms with van der Waals surface area (Å²) in [5.41, 5.74) is 0. The maximum absolute atomic E-state index is 10.4. The molecule has 0 aliphatic carbocycles. The summed E-state index contributed by atoms with van der Waals surface area (Å²) >= 11 is 5.14. The second kappa shape index (κ2) is 2.64. The highest BCUT2D eigenvalue weighted by molar-refractivity contribution is 6.64. The molecule has 0 saturated carbocycles. The lowest BCUT2D eigenvalue weighted by Crippen LogP contribution is -2.26. The Morgan fingerprint density at radius 1 is 1.78 bits per heavy atom. The van der Waals surface area contributed by atoms with E-state index in [1.54, 1.807) is 0 Å². The van der Waals surface area contributed by atoms with E-state index < -0.39 is 11.3 Å². The van der Waals surface area contributed by atoms with Crippen LogP contribution < -0.4 is 5.32 Å². The van der Waals surface area contributed by atoms with Gasteiger partial charge in [-0.25, -0.2) is 0 Å². The molecule has 0 unspecified atom stereocenters. The van der Waals surface area contributed by atoms with Gasteiger partial charge in [0.1, 0.15) is 0 Å². The Labute approximate surface area is 58.0 Å². The van der Waals surface area contributed by atoms with Crippen LogP contribution in [-0.2, 0) is 4.79 Å². The molecule has 0 bridgehead atoms. The minimum Gasteiger partial charge on any atom is -0.392 e. The number of rotatable bonds is 1. The van der Waals surface area contributed by atoms with Gasteiger partial charge in [0.15, 0.2) is 0 Å². The van der Waals surface area contributed by atoms with Gasteiger partial charge in [-0.05, 0) is 18.0 Å². The first-order valence-electron chi connectivity index (χ1n) is 2.81. The number of aliphatic hydroxyl groups is 1. The van der Waals surface area contributed by atoms with Gasteiger partial charge in [-0.15, -0.1) is 0 Å². The van der Waals surface area contributed by atoms with Gasteiger partial charge < -0.3 is 10.4 Å². The van der Waals surface area contributed by atoms with Crippen LogP contribution >= 0.6 is 11.6 Å². The molecule has 1 aliphatic rings. The smallest absolute Gasteiger partial charge is 0.238 e. The summed E-state index contributed by atoms with van der Waals surface area (Å²) < 4.78 is 0. The summed E-state index contributed by atoms with van der Waals surface area (Å²) in [6.45, 7) is 0.475. The highest BCUT2D eigenvalue weighted by atomic mass is 35.5. The Kier molecular flexibility index (Phi) is 2.05. The molecule has 2 N–H and O–H groups in total. The molecule has 2 atom stereocenters. The summed E-state index contributed by atoms with van der Waals surface area (Å²) in [6, 6.07) is -0.332. The Bertz CT molecular complexity index is 128. The van der Waals surface area contributed by atoms with Crippen LogP contribution in [0.4, 0.5) is 0 Å². The molecule has 0 aromatic heterocycles. The van der Waals surface area contributed by atoms with Gasteiger partial charge in [0.05, 0.1) is 12.1 Å². The zero-order chi connectivity index (χ0) is 6.85. The van der Waals surface area contributed by atoms with E-state index in [1.807, 2.05) is 0 Å². The third kappa shape index (κ3) is 1.64. The highest BCUT2D eigenvalue weighted by Gasteiger charge is 2.26. The molecule has 3 nitrogen and oxygen atoms in total. The van der Waals surface area contributed by atoms with E-state index in [2.05, 4.69) is 5.32 Å². The van der Waals surface area contributed by atoms with Crippen molar-refractivity contribution >= 4 is 16.8 Å². The zero-order valence-corrected chi connectivity index (χ0v) is 5.56. The second-order valence-corrected chi connectivity index (χ2v) is 2.53. The molecule has 0 amide bonds. The van der Waals surface area contributed by atoms with Crippen molar-refractivity contribution < 1.29 is 9.90 Å². The Morgan fingerprint density at radius 2 is 2.44 bits per heavy atom. The monoisotopic (exact) mass is 149 g/mol. The molecule has 1 rings (SSSR count). The van der Waals surface area contributed by atoms with Crippen molar-refractivity contribution in [3.05, 3.63) is 0 Å². The third-order valence-corrected chi connectivity index (χ3v) is 1.65. The largest absolute Gasteiger partial charge is 0.392 e. The molecule has 1 fully saturated rings. The second-order valence-electron chi connectivity index (χ2n) is 2.15. The highest BCUT2D eigenvalue weighted by Crippen LogP contribution is 2.08. The first kappa shape index (κ1) is 6.99. The van der Waals surface area contributed by atoms with Crippen LogP contribution in [0, 0.1) is 0 Å². The van der Waals surface area contributed by atoms with E-state index in [0.29, 0.717) is 13.0 Å².